The minimum absolute atomic E-state index is 0.0464. The molecule has 2 saturated heterocycles. The zero-order chi connectivity index (χ0) is 30.0. The number of hydrogen-bond donors (Lipinski definition) is 4. The Kier molecular flexibility index (Phi) is 11.7. The largest absolute Gasteiger partial charge is 0.394 e. The third-order valence-electron chi connectivity index (χ3n) is 7.60. The molecule has 3 aromatic carbocycles. The summed E-state index contributed by atoms with van der Waals surface area (Å²) in [6, 6.07) is 28.8. The Labute approximate surface area is 251 Å². The van der Waals surface area contributed by atoms with E-state index in [1.165, 1.54) is 0 Å². The predicted octanol–water partition coefficient (Wildman–Crippen LogP) is 2.31. The first-order valence-corrected chi connectivity index (χ1v) is 14.6. The summed E-state index contributed by atoms with van der Waals surface area (Å²) in [5.41, 5.74) is 2.78. The van der Waals surface area contributed by atoms with Gasteiger partial charge in [0.1, 0.15) is 36.6 Å². The Balaban J connectivity index is 1.39. The summed E-state index contributed by atoms with van der Waals surface area (Å²) in [4.78, 5) is 0. The maximum absolute atomic E-state index is 11.2. The maximum Gasteiger partial charge on any atom is 0.184 e. The fourth-order valence-corrected chi connectivity index (χ4v) is 5.29. The summed E-state index contributed by atoms with van der Waals surface area (Å²) in [6.07, 6.45) is -9.37. The van der Waals surface area contributed by atoms with Crippen LogP contribution in [0, 0.1) is 0 Å². The summed E-state index contributed by atoms with van der Waals surface area (Å²) in [6.45, 7) is 0.251. The highest BCUT2D eigenvalue weighted by Crippen LogP contribution is 2.32. The molecule has 2 heterocycles. The van der Waals surface area contributed by atoms with Gasteiger partial charge in [-0.1, -0.05) is 91.0 Å². The van der Waals surface area contributed by atoms with Crippen LogP contribution >= 0.6 is 0 Å². The first-order valence-electron chi connectivity index (χ1n) is 14.6. The Morgan fingerprint density at radius 2 is 1.16 bits per heavy atom. The average molecular weight is 597 g/mol. The second kappa shape index (κ2) is 15.8. The lowest BCUT2D eigenvalue weighted by Crippen LogP contribution is -2.63. The van der Waals surface area contributed by atoms with Crippen LogP contribution in [-0.4, -0.2) is 88.9 Å². The Bertz CT molecular complexity index is 1200. The van der Waals surface area contributed by atoms with Crippen molar-refractivity contribution in [3.63, 3.8) is 0 Å². The highest BCUT2D eigenvalue weighted by atomic mass is 16.7. The van der Waals surface area contributed by atoms with Crippen molar-refractivity contribution in [3.05, 3.63) is 108 Å². The topological polar surface area (TPSA) is 136 Å². The summed E-state index contributed by atoms with van der Waals surface area (Å²) >= 11 is 0. The van der Waals surface area contributed by atoms with Gasteiger partial charge in [-0.25, -0.2) is 0 Å². The molecule has 0 aliphatic carbocycles. The maximum atomic E-state index is 11.2. The third kappa shape index (κ3) is 8.68. The molecule has 0 amide bonds. The van der Waals surface area contributed by atoms with Gasteiger partial charge >= 0.3 is 0 Å². The number of ether oxygens (including phenoxy) is 6. The van der Waals surface area contributed by atoms with Gasteiger partial charge in [0, 0.05) is 6.42 Å². The fraction of sp³-hybridized carbons (Fsp3) is 0.455. The van der Waals surface area contributed by atoms with Gasteiger partial charge in [-0.15, -0.1) is 0 Å². The van der Waals surface area contributed by atoms with Crippen molar-refractivity contribution in [2.75, 3.05) is 13.2 Å². The lowest BCUT2D eigenvalue weighted by molar-refractivity contribution is -0.349. The minimum Gasteiger partial charge on any atom is -0.394 e. The van der Waals surface area contributed by atoms with Gasteiger partial charge in [0.15, 0.2) is 12.6 Å². The van der Waals surface area contributed by atoms with Crippen LogP contribution in [0.4, 0.5) is 0 Å². The molecule has 10 nitrogen and oxygen atoms in total. The molecule has 0 radical (unpaired) electrons. The fourth-order valence-electron chi connectivity index (χ4n) is 5.29. The van der Waals surface area contributed by atoms with E-state index >= 15 is 0 Å². The Morgan fingerprint density at radius 1 is 0.628 bits per heavy atom. The number of benzene rings is 3. The second-order valence-corrected chi connectivity index (χ2v) is 10.8. The van der Waals surface area contributed by atoms with Crippen molar-refractivity contribution >= 4 is 0 Å². The van der Waals surface area contributed by atoms with Gasteiger partial charge in [-0.05, 0) is 16.7 Å². The average Bonchev–Trinajstić information content (AvgIpc) is 3.04. The number of hydrogen-bond acceptors (Lipinski definition) is 10. The van der Waals surface area contributed by atoms with E-state index in [0.717, 1.165) is 16.7 Å². The van der Waals surface area contributed by atoms with E-state index in [1.807, 2.05) is 91.0 Å². The van der Waals surface area contributed by atoms with Gasteiger partial charge in [0.25, 0.3) is 0 Å². The second-order valence-electron chi connectivity index (χ2n) is 10.8. The van der Waals surface area contributed by atoms with Crippen molar-refractivity contribution < 1.29 is 48.8 Å². The van der Waals surface area contributed by atoms with E-state index in [2.05, 4.69) is 0 Å². The summed E-state index contributed by atoms with van der Waals surface area (Å²) < 4.78 is 36.9. The van der Waals surface area contributed by atoms with Crippen LogP contribution < -0.4 is 0 Å². The molecule has 3 aromatic rings. The van der Waals surface area contributed by atoms with Crippen LogP contribution in [0.1, 0.15) is 23.1 Å². The van der Waals surface area contributed by atoms with Gasteiger partial charge in [-0.2, -0.15) is 0 Å². The van der Waals surface area contributed by atoms with E-state index in [4.69, 9.17) is 28.4 Å². The van der Waals surface area contributed by atoms with Crippen LogP contribution in [0.15, 0.2) is 91.0 Å². The van der Waals surface area contributed by atoms with E-state index in [1.54, 1.807) is 0 Å². The molecule has 0 saturated carbocycles. The highest BCUT2D eigenvalue weighted by Gasteiger charge is 2.50. The first kappa shape index (κ1) is 31.7. The van der Waals surface area contributed by atoms with Crippen molar-refractivity contribution in [2.45, 2.75) is 81.5 Å². The molecule has 0 unspecified atom stereocenters. The number of rotatable bonds is 13. The molecule has 9 atom stereocenters. The Morgan fingerprint density at radius 3 is 1.72 bits per heavy atom. The van der Waals surface area contributed by atoms with Gasteiger partial charge < -0.3 is 48.8 Å². The SMILES string of the molecule is OC[C@H]1O[C@@H](O[C@H]2[C@H](OCc3ccccc3)[C@@H](OCc3ccccc3)[C@H](O)O[C@@H]2COCc2ccccc2)C[C@@H](O)[C@H]1O. The van der Waals surface area contributed by atoms with E-state index in [-0.39, 0.29) is 26.2 Å². The summed E-state index contributed by atoms with van der Waals surface area (Å²) in [7, 11) is 0. The van der Waals surface area contributed by atoms with Crippen LogP contribution in [-0.2, 0) is 48.2 Å². The van der Waals surface area contributed by atoms with Gasteiger partial charge in [-0.3, -0.25) is 0 Å². The monoisotopic (exact) mass is 596 g/mol. The molecule has 2 aliphatic rings. The first-order chi connectivity index (χ1) is 21.0. The molecule has 5 rings (SSSR count). The normalized spacial score (nSPS) is 31.1. The summed E-state index contributed by atoms with van der Waals surface area (Å²) in [5.74, 6) is 0. The molecule has 43 heavy (non-hydrogen) atoms. The zero-order valence-corrected chi connectivity index (χ0v) is 23.8. The smallest absolute Gasteiger partial charge is 0.184 e. The molecule has 232 valence electrons. The molecular weight excluding hydrogens is 556 g/mol. The lowest BCUT2D eigenvalue weighted by atomic mass is 9.97. The Hall–Kier alpha value is -2.74. The van der Waals surface area contributed by atoms with Crippen LogP contribution in [0.25, 0.3) is 0 Å². The van der Waals surface area contributed by atoms with Gasteiger partial charge in [0.2, 0.25) is 0 Å². The number of aliphatic hydroxyl groups excluding tert-OH is 4. The minimum atomic E-state index is -1.36. The van der Waals surface area contributed by atoms with E-state index in [9.17, 15) is 20.4 Å². The summed E-state index contributed by atoms with van der Waals surface area (Å²) in [5, 5.41) is 41.6. The predicted molar refractivity (Wildman–Crippen MR) is 154 cm³/mol. The molecule has 10 heteroatoms. The molecule has 4 N–H and O–H groups in total. The van der Waals surface area contributed by atoms with Crippen molar-refractivity contribution in [1.82, 2.24) is 0 Å². The van der Waals surface area contributed by atoms with Crippen LogP contribution in [0.3, 0.4) is 0 Å². The molecular formula is C33H40O10. The third-order valence-corrected chi connectivity index (χ3v) is 7.60. The van der Waals surface area contributed by atoms with Crippen LogP contribution in [0.5, 0.6) is 0 Å². The van der Waals surface area contributed by atoms with Crippen molar-refractivity contribution in [1.29, 1.82) is 0 Å². The van der Waals surface area contributed by atoms with E-state index in [0.29, 0.717) is 6.61 Å². The quantitative estimate of drug-likeness (QED) is 0.233. The van der Waals surface area contributed by atoms with Crippen molar-refractivity contribution in [2.24, 2.45) is 0 Å². The van der Waals surface area contributed by atoms with Crippen LogP contribution in [0.2, 0.25) is 0 Å². The molecule has 0 spiro atoms. The van der Waals surface area contributed by atoms with Gasteiger partial charge in [0.05, 0.1) is 39.1 Å². The molecule has 0 bridgehead atoms. The number of aliphatic hydroxyl groups is 4. The zero-order valence-electron chi connectivity index (χ0n) is 23.8. The highest BCUT2D eigenvalue weighted by molar-refractivity contribution is 5.15. The molecule has 0 aromatic heterocycles. The standard InChI is InChI=1S/C33H40O10/c34-17-26-29(36)25(35)16-28(41-26)43-30-27(21-38-18-22-10-4-1-5-11-22)42-33(37)32(40-20-24-14-8-3-9-15-24)31(30)39-19-23-12-6-2-7-13-23/h1-15,25-37H,16-21H2/t25-,26-,27-,28+,29-,30-,31+,32-,33-/m1/s1. The van der Waals surface area contributed by atoms with E-state index < -0.39 is 61.9 Å². The molecule has 2 aliphatic heterocycles. The van der Waals surface area contributed by atoms with Crippen molar-refractivity contribution in [3.8, 4) is 0 Å². The molecule has 2 fully saturated rings. The lowest BCUT2D eigenvalue weighted by Gasteiger charge is -2.46.